The first kappa shape index (κ1) is 14.9. The molecule has 2 amide bonds. The second-order valence-corrected chi connectivity index (χ2v) is 6.22. The highest BCUT2D eigenvalue weighted by atomic mass is 32.2. The molecule has 1 aromatic carbocycles. The van der Waals surface area contributed by atoms with Crippen LogP contribution in [0.1, 0.15) is 23.1 Å². The maximum Gasteiger partial charge on any atom is 0.281 e. The van der Waals surface area contributed by atoms with Crippen molar-refractivity contribution in [1.82, 2.24) is 4.90 Å². The Morgan fingerprint density at radius 2 is 1.95 bits per heavy atom. The van der Waals surface area contributed by atoms with E-state index in [1.165, 1.54) is 17.3 Å². The van der Waals surface area contributed by atoms with Gasteiger partial charge in [0.15, 0.2) is 0 Å². The molecular weight excluding hydrogens is 272 g/mol. The average Bonchev–Trinajstić information content (AvgIpc) is 2.77. The van der Waals surface area contributed by atoms with Crippen LogP contribution in [0, 0.1) is 20.8 Å². The van der Waals surface area contributed by atoms with E-state index in [1.807, 2.05) is 20.8 Å². The lowest BCUT2D eigenvalue weighted by Gasteiger charge is -2.16. The third-order valence-corrected chi connectivity index (χ3v) is 4.29. The zero-order chi connectivity index (χ0) is 14.7. The number of aryl methyl sites for hydroxylation is 3. The molecule has 1 fully saturated rings. The summed E-state index contributed by atoms with van der Waals surface area (Å²) in [7, 11) is 0. The second-order valence-electron chi connectivity index (χ2n) is 5.17. The van der Waals surface area contributed by atoms with Gasteiger partial charge in [0, 0.05) is 31.0 Å². The Balaban J connectivity index is 1.93. The zero-order valence-corrected chi connectivity index (χ0v) is 13.0. The Hall–Kier alpha value is -1.49. The number of amides is 2. The van der Waals surface area contributed by atoms with Gasteiger partial charge in [0.2, 0.25) is 5.91 Å². The number of anilines is 1. The first-order valence-electron chi connectivity index (χ1n) is 6.77. The van der Waals surface area contributed by atoms with Gasteiger partial charge in [-0.2, -0.15) is 0 Å². The van der Waals surface area contributed by atoms with Crippen molar-refractivity contribution >= 4 is 28.6 Å². The van der Waals surface area contributed by atoms with Crippen LogP contribution in [0.2, 0.25) is 0 Å². The fraction of sp³-hybridized carbons (Fsp3) is 0.467. The molecule has 108 valence electrons. The number of benzene rings is 1. The maximum absolute atomic E-state index is 12.0. The Kier molecular flexibility index (Phi) is 4.70. The minimum absolute atomic E-state index is 0.0373. The molecule has 0 spiro atoms. The van der Waals surface area contributed by atoms with Crippen molar-refractivity contribution in [1.29, 1.82) is 0 Å². The second kappa shape index (κ2) is 6.31. The molecule has 1 saturated heterocycles. The minimum Gasteiger partial charge on any atom is -0.332 e. The summed E-state index contributed by atoms with van der Waals surface area (Å²) >= 11 is 1.32. The highest BCUT2D eigenvalue weighted by Gasteiger charge is 2.21. The van der Waals surface area contributed by atoms with Gasteiger partial charge in [0.25, 0.3) is 5.24 Å². The van der Waals surface area contributed by atoms with Crippen molar-refractivity contribution in [2.75, 3.05) is 24.2 Å². The standard InChI is InChI=1S/C15H20N2O2S/c1-10-8-11(2)14(12(3)9-10)16-13(18)4-5-17-6-7-20-15(17)19/h8-9H,4-7H2,1-3H3,(H,16,18). The van der Waals surface area contributed by atoms with E-state index >= 15 is 0 Å². The Morgan fingerprint density at radius 3 is 2.50 bits per heavy atom. The normalized spacial score (nSPS) is 14.8. The fourth-order valence-electron chi connectivity index (χ4n) is 2.44. The lowest BCUT2D eigenvalue weighted by Crippen LogP contribution is -2.28. The Labute approximate surface area is 123 Å². The summed E-state index contributed by atoms with van der Waals surface area (Å²) in [6.45, 7) is 7.29. The van der Waals surface area contributed by atoms with E-state index in [0.717, 1.165) is 29.1 Å². The van der Waals surface area contributed by atoms with Crippen LogP contribution in [0.5, 0.6) is 0 Å². The molecule has 1 N–H and O–H groups in total. The van der Waals surface area contributed by atoms with E-state index in [0.29, 0.717) is 13.0 Å². The molecule has 0 aliphatic carbocycles. The van der Waals surface area contributed by atoms with Gasteiger partial charge in [-0.25, -0.2) is 0 Å². The van der Waals surface area contributed by atoms with Gasteiger partial charge < -0.3 is 10.2 Å². The van der Waals surface area contributed by atoms with Crippen LogP contribution in [-0.4, -0.2) is 34.9 Å². The van der Waals surface area contributed by atoms with Crippen LogP contribution in [0.3, 0.4) is 0 Å². The Bertz CT molecular complexity index is 520. The third kappa shape index (κ3) is 3.54. The van der Waals surface area contributed by atoms with Crippen LogP contribution in [0.25, 0.3) is 0 Å². The van der Waals surface area contributed by atoms with Gasteiger partial charge in [-0.3, -0.25) is 9.59 Å². The fourth-order valence-corrected chi connectivity index (χ4v) is 3.30. The van der Waals surface area contributed by atoms with Crippen LogP contribution >= 0.6 is 11.8 Å². The Morgan fingerprint density at radius 1 is 1.30 bits per heavy atom. The highest BCUT2D eigenvalue weighted by Crippen LogP contribution is 2.22. The van der Waals surface area contributed by atoms with Crippen molar-refractivity contribution in [3.8, 4) is 0 Å². The molecule has 0 unspecified atom stereocenters. The van der Waals surface area contributed by atoms with Gasteiger partial charge >= 0.3 is 0 Å². The van der Waals surface area contributed by atoms with E-state index in [4.69, 9.17) is 0 Å². The quantitative estimate of drug-likeness (QED) is 0.927. The highest BCUT2D eigenvalue weighted by molar-refractivity contribution is 8.13. The predicted molar refractivity (Wildman–Crippen MR) is 83.3 cm³/mol. The number of nitrogens with zero attached hydrogens (tertiary/aromatic N) is 1. The summed E-state index contributed by atoms with van der Waals surface area (Å²) in [5.74, 6) is 0.793. The molecule has 1 aromatic rings. The molecule has 5 heteroatoms. The first-order chi connectivity index (χ1) is 9.47. The molecule has 1 aliphatic heterocycles. The number of carbonyl (C=O) groups excluding carboxylic acids is 2. The number of nitrogens with one attached hydrogen (secondary N) is 1. The van der Waals surface area contributed by atoms with Crippen molar-refractivity contribution < 1.29 is 9.59 Å². The van der Waals surface area contributed by atoms with Crippen molar-refractivity contribution in [3.63, 3.8) is 0 Å². The number of carbonyl (C=O) groups is 2. The van der Waals surface area contributed by atoms with Crippen molar-refractivity contribution in [2.45, 2.75) is 27.2 Å². The van der Waals surface area contributed by atoms with Crippen LogP contribution in [-0.2, 0) is 4.79 Å². The summed E-state index contributed by atoms with van der Waals surface area (Å²) in [5.41, 5.74) is 4.23. The van der Waals surface area contributed by atoms with Gasteiger partial charge in [-0.05, 0) is 31.9 Å². The largest absolute Gasteiger partial charge is 0.332 e. The molecule has 0 atom stereocenters. The number of hydrogen-bond acceptors (Lipinski definition) is 3. The molecule has 1 aliphatic rings. The third-order valence-electron chi connectivity index (χ3n) is 3.40. The van der Waals surface area contributed by atoms with Gasteiger partial charge in [-0.1, -0.05) is 29.5 Å². The van der Waals surface area contributed by atoms with Crippen LogP contribution < -0.4 is 5.32 Å². The van der Waals surface area contributed by atoms with E-state index < -0.39 is 0 Å². The number of hydrogen-bond donors (Lipinski definition) is 1. The molecule has 4 nitrogen and oxygen atoms in total. The number of thioether (sulfide) groups is 1. The lowest BCUT2D eigenvalue weighted by molar-refractivity contribution is -0.116. The molecule has 20 heavy (non-hydrogen) atoms. The summed E-state index contributed by atoms with van der Waals surface area (Å²) < 4.78 is 0. The minimum atomic E-state index is -0.0373. The summed E-state index contributed by atoms with van der Waals surface area (Å²) in [6, 6.07) is 4.12. The lowest BCUT2D eigenvalue weighted by atomic mass is 10.1. The van der Waals surface area contributed by atoms with Crippen molar-refractivity contribution in [2.24, 2.45) is 0 Å². The van der Waals surface area contributed by atoms with Gasteiger partial charge in [0.05, 0.1) is 0 Å². The smallest absolute Gasteiger partial charge is 0.281 e. The summed E-state index contributed by atoms with van der Waals surface area (Å²) in [5, 5.41) is 3.04. The van der Waals surface area contributed by atoms with Crippen molar-refractivity contribution in [3.05, 3.63) is 28.8 Å². The predicted octanol–water partition coefficient (Wildman–Crippen LogP) is 3.11. The van der Waals surface area contributed by atoms with E-state index in [1.54, 1.807) is 4.90 Å². The SMILES string of the molecule is Cc1cc(C)c(NC(=O)CCN2CCSC2=O)c(C)c1. The van der Waals surface area contributed by atoms with E-state index in [2.05, 4.69) is 17.4 Å². The molecule has 1 heterocycles. The topological polar surface area (TPSA) is 49.4 Å². The number of rotatable bonds is 4. The molecular formula is C15H20N2O2S. The molecule has 2 rings (SSSR count). The molecule has 0 aromatic heterocycles. The average molecular weight is 292 g/mol. The maximum atomic E-state index is 12.0. The van der Waals surface area contributed by atoms with E-state index in [-0.39, 0.29) is 11.1 Å². The first-order valence-corrected chi connectivity index (χ1v) is 7.75. The molecule has 0 saturated carbocycles. The zero-order valence-electron chi connectivity index (χ0n) is 12.2. The molecule has 0 bridgehead atoms. The summed E-state index contributed by atoms with van der Waals surface area (Å²) in [4.78, 5) is 25.2. The van der Waals surface area contributed by atoms with Gasteiger partial charge in [-0.15, -0.1) is 0 Å². The van der Waals surface area contributed by atoms with Crippen LogP contribution in [0.4, 0.5) is 10.5 Å². The van der Waals surface area contributed by atoms with Gasteiger partial charge in [0.1, 0.15) is 0 Å². The van der Waals surface area contributed by atoms with Crippen LogP contribution in [0.15, 0.2) is 12.1 Å². The summed E-state index contributed by atoms with van der Waals surface area (Å²) in [6.07, 6.45) is 0.346. The van der Waals surface area contributed by atoms with E-state index in [9.17, 15) is 9.59 Å². The molecule has 0 radical (unpaired) electrons. The monoisotopic (exact) mass is 292 g/mol.